The van der Waals surface area contributed by atoms with E-state index >= 15 is 0 Å². The van der Waals surface area contributed by atoms with Crippen LogP contribution >= 0.6 is 11.3 Å². The van der Waals surface area contributed by atoms with E-state index in [0.29, 0.717) is 18.8 Å². The van der Waals surface area contributed by atoms with E-state index in [4.69, 9.17) is 10.2 Å². The first-order valence-corrected chi connectivity index (χ1v) is 7.62. The number of furan rings is 1. The fourth-order valence-corrected chi connectivity index (χ4v) is 2.65. The van der Waals surface area contributed by atoms with Crippen molar-refractivity contribution in [3.63, 3.8) is 0 Å². The molecule has 0 bridgehead atoms. The lowest BCUT2D eigenvalue weighted by molar-refractivity contribution is 0.0752. The maximum absolute atomic E-state index is 12.2. The minimum Gasteiger partial charge on any atom is -0.456 e. The molecule has 2 aromatic heterocycles. The summed E-state index contributed by atoms with van der Waals surface area (Å²) in [4.78, 5) is 14.8. The SMILES string of the molecule is CCc1ccc(C(=O)N(C)Cc2csc(C#CCN)c2)o1. The topological polar surface area (TPSA) is 59.5 Å². The fourth-order valence-electron chi connectivity index (χ4n) is 1.88. The van der Waals surface area contributed by atoms with Crippen molar-refractivity contribution in [2.75, 3.05) is 13.6 Å². The number of hydrogen-bond acceptors (Lipinski definition) is 4. The molecule has 1 amide bonds. The average molecular weight is 302 g/mol. The van der Waals surface area contributed by atoms with Gasteiger partial charge in [-0.1, -0.05) is 18.8 Å². The minimum absolute atomic E-state index is 0.115. The molecule has 0 radical (unpaired) electrons. The molecule has 0 spiro atoms. The molecule has 110 valence electrons. The number of thiophene rings is 1. The quantitative estimate of drug-likeness (QED) is 0.883. The van der Waals surface area contributed by atoms with E-state index in [1.807, 2.05) is 24.4 Å². The van der Waals surface area contributed by atoms with Gasteiger partial charge < -0.3 is 15.1 Å². The van der Waals surface area contributed by atoms with Crippen molar-refractivity contribution in [2.24, 2.45) is 5.73 Å². The van der Waals surface area contributed by atoms with Gasteiger partial charge in [0.05, 0.1) is 11.4 Å². The normalized spacial score (nSPS) is 10.0. The Hall–Kier alpha value is -2.03. The van der Waals surface area contributed by atoms with Crippen LogP contribution in [-0.4, -0.2) is 24.4 Å². The van der Waals surface area contributed by atoms with Crippen LogP contribution in [0.2, 0.25) is 0 Å². The van der Waals surface area contributed by atoms with Crippen LogP contribution in [0.4, 0.5) is 0 Å². The molecule has 5 heteroatoms. The number of nitrogens with zero attached hydrogens (tertiary/aromatic N) is 1. The third-order valence-corrected chi connectivity index (χ3v) is 3.85. The van der Waals surface area contributed by atoms with Crippen molar-refractivity contribution in [1.29, 1.82) is 0 Å². The predicted molar refractivity (Wildman–Crippen MR) is 84.1 cm³/mol. The lowest BCUT2D eigenvalue weighted by atomic mass is 10.2. The molecular formula is C16H18N2O2S. The summed E-state index contributed by atoms with van der Waals surface area (Å²) in [5, 5.41) is 2.00. The fraction of sp³-hybridized carbons (Fsp3) is 0.312. The number of carbonyl (C=O) groups is 1. The van der Waals surface area contributed by atoms with Gasteiger partial charge in [0.15, 0.2) is 5.76 Å². The second-order valence-electron chi connectivity index (χ2n) is 4.61. The average Bonchev–Trinajstić information content (AvgIpc) is 3.13. The third-order valence-electron chi connectivity index (χ3n) is 2.95. The summed E-state index contributed by atoms with van der Waals surface area (Å²) < 4.78 is 5.49. The van der Waals surface area contributed by atoms with Crippen molar-refractivity contribution >= 4 is 17.2 Å². The van der Waals surface area contributed by atoms with Crippen LogP contribution < -0.4 is 5.73 Å². The minimum atomic E-state index is -0.115. The van der Waals surface area contributed by atoms with Crippen LogP contribution in [-0.2, 0) is 13.0 Å². The first-order chi connectivity index (χ1) is 10.1. The van der Waals surface area contributed by atoms with E-state index in [1.54, 1.807) is 29.4 Å². The number of amides is 1. The summed E-state index contributed by atoms with van der Waals surface area (Å²) in [6, 6.07) is 5.55. The Labute approximate surface area is 128 Å². The summed E-state index contributed by atoms with van der Waals surface area (Å²) >= 11 is 1.56. The van der Waals surface area contributed by atoms with E-state index in [2.05, 4.69) is 11.8 Å². The van der Waals surface area contributed by atoms with Crippen LogP contribution in [0.1, 0.15) is 33.7 Å². The molecule has 0 unspecified atom stereocenters. The largest absolute Gasteiger partial charge is 0.456 e. The van der Waals surface area contributed by atoms with Crippen LogP contribution in [0.25, 0.3) is 0 Å². The van der Waals surface area contributed by atoms with Crippen molar-refractivity contribution in [2.45, 2.75) is 19.9 Å². The maximum Gasteiger partial charge on any atom is 0.289 e. The summed E-state index contributed by atoms with van der Waals surface area (Å²) in [5.41, 5.74) is 6.40. The molecule has 0 aliphatic carbocycles. The highest BCUT2D eigenvalue weighted by atomic mass is 32.1. The smallest absolute Gasteiger partial charge is 0.289 e. The first-order valence-electron chi connectivity index (χ1n) is 6.74. The molecule has 2 heterocycles. The molecule has 2 rings (SSSR count). The van der Waals surface area contributed by atoms with Gasteiger partial charge in [-0.15, -0.1) is 11.3 Å². The van der Waals surface area contributed by atoms with Gasteiger partial charge in [0.2, 0.25) is 0 Å². The lowest BCUT2D eigenvalue weighted by Crippen LogP contribution is -2.25. The molecule has 0 aliphatic heterocycles. The molecule has 0 aromatic carbocycles. The van der Waals surface area contributed by atoms with Crippen molar-refractivity contribution in [3.8, 4) is 11.8 Å². The molecule has 0 fully saturated rings. The third kappa shape index (κ3) is 3.97. The van der Waals surface area contributed by atoms with Gasteiger partial charge in [0, 0.05) is 20.0 Å². The molecule has 21 heavy (non-hydrogen) atoms. The number of carbonyl (C=O) groups excluding carboxylic acids is 1. The van der Waals surface area contributed by atoms with Gasteiger partial charge in [-0.2, -0.15) is 0 Å². The Morgan fingerprint density at radius 2 is 2.29 bits per heavy atom. The summed E-state index contributed by atoms with van der Waals surface area (Å²) in [5.74, 6) is 6.90. The van der Waals surface area contributed by atoms with E-state index in [1.165, 1.54) is 0 Å². The van der Waals surface area contributed by atoms with Crippen LogP contribution in [0, 0.1) is 11.8 Å². The van der Waals surface area contributed by atoms with Gasteiger partial charge in [0.1, 0.15) is 5.76 Å². The maximum atomic E-state index is 12.2. The van der Waals surface area contributed by atoms with Crippen LogP contribution in [0.3, 0.4) is 0 Å². The predicted octanol–water partition coefficient (Wildman–Crippen LogP) is 2.49. The Morgan fingerprint density at radius 3 is 2.95 bits per heavy atom. The standard InChI is InChI=1S/C16H18N2O2S/c1-3-13-6-7-15(20-13)16(19)18(2)10-12-9-14(21-11-12)5-4-8-17/h6-7,9,11H,3,8,10,17H2,1-2H3. The molecule has 2 N–H and O–H groups in total. The van der Waals surface area contributed by atoms with Crippen LogP contribution in [0.15, 0.2) is 28.0 Å². The second-order valence-corrected chi connectivity index (χ2v) is 5.52. The highest BCUT2D eigenvalue weighted by Gasteiger charge is 2.16. The van der Waals surface area contributed by atoms with Crippen molar-refractivity contribution in [3.05, 3.63) is 45.5 Å². The Bertz CT molecular complexity index is 676. The zero-order chi connectivity index (χ0) is 15.2. The van der Waals surface area contributed by atoms with Gasteiger partial charge in [-0.05, 0) is 29.1 Å². The summed E-state index contributed by atoms with van der Waals surface area (Å²) in [7, 11) is 1.76. The highest BCUT2D eigenvalue weighted by Crippen LogP contribution is 2.17. The Morgan fingerprint density at radius 1 is 1.48 bits per heavy atom. The number of hydrogen-bond donors (Lipinski definition) is 1. The highest BCUT2D eigenvalue weighted by molar-refractivity contribution is 7.10. The van der Waals surface area contributed by atoms with Crippen molar-refractivity contribution in [1.82, 2.24) is 4.90 Å². The van der Waals surface area contributed by atoms with Crippen molar-refractivity contribution < 1.29 is 9.21 Å². The lowest BCUT2D eigenvalue weighted by Gasteiger charge is -2.14. The van der Waals surface area contributed by atoms with E-state index in [9.17, 15) is 4.79 Å². The number of aryl methyl sites for hydroxylation is 1. The zero-order valence-electron chi connectivity index (χ0n) is 12.2. The van der Waals surface area contributed by atoms with Crippen LogP contribution in [0.5, 0.6) is 0 Å². The molecular weight excluding hydrogens is 284 g/mol. The molecule has 0 atom stereocenters. The molecule has 0 saturated carbocycles. The van der Waals surface area contributed by atoms with E-state index < -0.39 is 0 Å². The monoisotopic (exact) mass is 302 g/mol. The molecule has 2 aromatic rings. The van der Waals surface area contributed by atoms with Gasteiger partial charge in [0.25, 0.3) is 5.91 Å². The van der Waals surface area contributed by atoms with E-state index in [0.717, 1.165) is 22.6 Å². The summed E-state index contributed by atoms with van der Waals surface area (Å²) in [6.07, 6.45) is 0.782. The number of rotatable bonds is 4. The zero-order valence-corrected chi connectivity index (χ0v) is 13.0. The number of nitrogens with two attached hydrogens (primary N) is 1. The Kier molecular flexibility index (Phi) is 5.20. The first kappa shape index (κ1) is 15.4. The van der Waals surface area contributed by atoms with Gasteiger partial charge >= 0.3 is 0 Å². The van der Waals surface area contributed by atoms with Gasteiger partial charge in [-0.3, -0.25) is 4.79 Å². The second kappa shape index (κ2) is 7.11. The molecule has 4 nitrogen and oxygen atoms in total. The Balaban J connectivity index is 2.01. The molecule has 0 saturated heterocycles. The molecule has 0 aliphatic rings. The van der Waals surface area contributed by atoms with Gasteiger partial charge in [-0.25, -0.2) is 0 Å². The summed E-state index contributed by atoms with van der Waals surface area (Å²) in [6.45, 7) is 2.87. The van der Waals surface area contributed by atoms with E-state index in [-0.39, 0.29) is 5.91 Å².